The van der Waals surface area contributed by atoms with Crippen molar-refractivity contribution in [3.8, 4) is 5.75 Å². The number of nitrogens with two attached hydrogens (primary N) is 1. The molecule has 0 saturated carbocycles. The van der Waals surface area contributed by atoms with E-state index in [1.54, 1.807) is 20.8 Å². The first kappa shape index (κ1) is 35.7. The number of imidazole rings is 1. The summed E-state index contributed by atoms with van der Waals surface area (Å²) >= 11 is 5.96. The third-order valence-electron chi connectivity index (χ3n) is 6.31. The Morgan fingerprint density at radius 2 is 1.91 bits per heavy atom. The SMILES string of the molecule is C[C@H](NP(=O)(Oc1ccc(Cl)cc1)OC1O[C@@H](n2cnc3c(N(C)NS(C)(=O)=O)nc(N)nc32)[C@](C)(O)C1O)C(=O)OC(C)(C)C. The van der Waals surface area contributed by atoms with E-state index in [4.69, 9.17) is 35.9 Å². The Hall–Kier alpha value is -3.13. The summed E-state index contributed by atoms with van der Waals surface area (Å²) < 4.78 is 61.5. The zero-order valence-electron chi connectivity index (χ0n) is 25.9. The molecule has 4 rings (SSSR count). The zero-order valence-corrected chi connectivity index (χ0v) is 28.4. The van der Waals surface area contributed by atoms with Gasteiger partial charge < -0.3 is 29.9 Å². The van der Waals surface area contributed by atoms with E-state index in [0.717, 1.165) is 11.3 Å². The van der Waals surface area contributed by atoms with E-state index in [1.165, 1.54) is 56.1 Å². The molecule has 1 fully saturated rings. The molecule has 1 aliphatic heterocycles. The van der Waals surface area contributed by atoms with Crippen molar-refractivity contribution in [1.29, 1.82) is 0 Å². The fourth-order valence-corrected chi connectivity index (χ4v) is 6.62. The highest BCUT2D eigenvalue weighted by atomic mass is 35.5. The minimum Gasteiger partial charge on any atom is -0.459 e. The lowest BCUT2D eigenvalue weighted by molar-refractivity contribution is -0.157. The average Bonchev–Trinajstić information content (AvgIpc) is 3.40. The number of fused-ring (bicyclic) bond motifs is 1. The second kappa shape index (κ2) is 12.8. The van der Waals surface area contributed by atoms with Gasteiger partial charge in [-0.25, -0.2) is 18.0 Å². The molecule has 21 heteroatoms. The molecule has 1 saturated heterocycles. The molecular weight excluding hydrogens is 671 g/mol. The number of aliphatic hydroxyl groups excluding tert-OH is 1. The van der Waals surface area contributed by atoms with Crippen molar-refractivity contribution in [3.63, 3.8) is 0 Å². The third-order valence-corrected chi connectivity index (χ3v) is 8.80. The highest BCUT2D eigenvalue weighted by molar-refractivity contribution is 7.88. The number of ether oxygens (including phenoxy) is 2. The summed E-state index contributed by atoms with van der Waals surface area (Å²) in [6.07, 6.45) is -3.03. The summed E-state index contributed by atoms with van der Waals surface area (Å²) in [4.78, 5) is 27.4. The lowest BCUT2D eigenvalue weighted by atomic mass is 9.99. The van der Waals surface area contributed by atoms with Gasteiger partial charge in [-0.05, 0) is 58.9 Å². The van der Waals surface area contributed by atoms with Gasteiger partial charge in [0.2, 0.25) is 22.3 Å². The summed E-state index contributed by atoms with van der Waals surface area (Å²) in [5.74, 6) is -1.06. The molecule has 0 radical (unpaired) electrons. The van der Waals surface area contributed by atoms with Crippen LogP contribution in [-0.2, 0) is 33.4 Å². The number of hydrazine groups is 1. The predicted molar refractivity (Wildman–Crippen MR) is 166 cm³/mol. The molecule has 0 aliphatic carbocycles. The zero-order chi connectivity index (χ0) is 34.4. The highest BCUT2D eigenvalue weighted by Gasteiger charge is 2.56. The monoisotopic (exact) mass is 706 g/mol. The Kier molecular flexibility index (Phi) is 9.95. The number of aliphatic hydroxyl groups is 2. The Balaban J connectivity index is 1.67. The van der Waals surface area contributed by atoms with Crippen molar-refractivity contribution in [2.45, 2.75) is 70.5 Å². The van der Waals surface area contributed by atoms with E-state index in [9.17, 15) is 28.0 Å². The third kappa shape index (κ3) is 8.23. The molecule has 1 aliphatic rings. The molecule has 3 unspecified atom stereocenters. The van der Waals surface area contributed by atoms with Crippen LogP contribution in [0.4, 0.5) is 11.8 Å². The smallest absolute Gasteiger partial charge is 0.459 e. The van der Waals surface area contributed by atoms with Gasteiger partial charge in [0.25, 0.3) is 0 Å². The first-order valence-corrected chi connectivity index (χ1v) is 17.4. The highest BCUT2D eigenvalue weighted by Crippen LogP contribution is 2.51. The number of aromatic nitrogens is 4. The number of esters is 1. The average molecular weight is 707 g/mol. The second-order valence-electron chi connectivity index (χ2n) is 11.7. The number of nitrogen functional groups attached to an aromatic ring is 1. The molecule has 254 valence electrons. The van der Waals surface area contributed by atoms with Crippen molar-refractivity contribution in [2.24, 2.45) is 0 Å². The molecule has 0 amide bonds. The summed E-state index contributed by atoms with van der Waals surface area (Å²) in [5, 5.41) is 26.5. The van der Waals surface area contributed by atoms with Crippen molar-refractivity contribution in [2.75, 3.05) is 24.0 Å². The number of nitrogens with one attached hydrogen (secondary N) is 2. The van der Waals surface area contributed by atoms with Crippen LogP contribution in [0.3, 0.4) is 0 Å². The minimum atomic E-state index is -4.61. The molecule has 3 aromatic rings. The molecule has 3 heterocycles. The summed E-state index contributed by atoms with van der Waals surface area (Å²) in [6.45, 7) is 7.57. The lowest BCUT2D eigenvalue weighted by Crippen LogP contribution is -2.45. The van der Waals surface area contributed by atoms with Gasteiger partial charge in [-0.3, -0.25) is 18.9 Å². The van der Waals surface area contributed by atoms with Gasteiger partial charge in [0, 0.05) is 12.1 Å². The Labute approximate surface area is 269 Å². The van der Waals surface area contributed by atoms with E-state index in [0.29, 0.717) is 5.02 Å². The van der Waals surface area contributed by atoms with Crippen molar-refractivity contribution >= 4 is 58.3 Å². The number of carbonyl (C=O) groups excluding carboxylic acids is 1. The van der Waals surface area contributed by atoms with E-state index in [1.807, 2.05) is 0 Å². The predicted octanol–water partition coefficient (Wildman–Crippen LogP) is 1.45. The molecule has 0 spiro atoms. The van der Waals surface area contributed by atoms with Crippen LogP contribution in [-0.4, -0.2) is 87.1 Å². The van der Waals surface area contributed by atoms with E-state index in [-0.39, 0.29) is 28.7 Å². The van der Waals surface area contributed by atoms with E-state index in [2.05, 4.69) is 24.9 Å². The van der Waals surface area contributed by atoms with Gasteiger partial charge >= 0.3 is 13.7 Å². The fourth-order valence-electron chi connectivity index (χ4n) is 4.34. The maximum Gasteiger partial charge on any atom is 0.461 e. The Bertz CT molecular complexity index is 1750. The summed E-state index contributed by atoms with van der Waals surface area (Å²) in [6, 6.07) is 4.50. The molecular formula is C25H36ClN8O10PS. The van der Waals surface area contributed by atoms with Gasteiger partial charge in [-0.1, -0.05) is 11.6 Å². The number of sulfonamides is 1. The number of anilines is 2. The molecule has 6 atom stereocenters. The molecule has 18 nitrogen and oxygen atoms in total. The topological polar surface area (TPSA) is 243 Å². The van der Waals surface area contributed by atoms with Gasteiger partial charge in [0.05, 0.1) is 12.6 Å². The van der Waals surface area contributed by atoms with E-state index < -0.39 is 59.6 Å². The standard InChI is InChI=1S/C25H36ClN8O10PS/c1-13(20(36)42-24(2,3)4)31-45(38,43-15-10-8-14(26)9-11-15)44-21-17(35)25(5,37)22(41-21)34-12-28-16-18(29-23(27)30-19(16)34)33(6)32-46(7,39)40/h8-13,17,21-22,32,35,37H,1-7H3,(H,31,38)(H2,27,29,30)/t13-,17?,21?,22+,25+,45?/m0/s1. The van der Waals surface area contributed by atoms with Crippen molar-refractivity contribution in [3.05, 3.63) is 35.6 Å². The second-order valence-corrected chi connectivity index (χ2v) is 15.5. The maximum atomic E-state index is 14.2. The lowest BCUT2D eigenvalue weighted by Gasteiger charge is -2.28. The van der Waals surface area contributed by atoms with Gasteiger partial charge in [0.15, 0.2) is 23.2 Å². The number of hydrogen-bond donors (Lipinski definition) is 5. The largest absolute Gasteiger partial charge is 0.461 e. The maximum absolute atomic E-state index is 14.2. The van der Waals surface area contributed by atoms with Gasteiger partial charge in [-0.15, -0.1) is 4.83 Å². The number of halogens is 1. The van der Waals surface area contributed by atoms with Crippen molar-refractivity contribution < 1.29 is 46.5 Å². The fraction of sp³-hybridized carbons (Fsp3) is 0.520. The minimum absolute atomic E-state index is 0.0138. The Morgan fingerprint density at radius 3 is 2.50 bits per heavy atom. The normalized spacial score (nSPS) is 24.0. The van der Waals surface area contributed by atoms with Crippen LogP contribution in [0.25, 0.3) is 11.2 Å². The van der Waals surface area contributed by atoms with Gasteiger partial charge in [-0.2, -0.15) is 15.1 Å². The number of nitrogens with zero attached hydrogens (tertiary/aromatic N) is 5. The van der Waals surface area contributed by atoms with Crippen LogP contribution in [0.15, 0.2) is 30.6 Å². The van der Waals surface area contributed by atoms with Crippen LogP contribution < -0.4 is 25.2 Å². The molecule has 46 heavy (non-hydrogen) atoms. The van der Waals surface area contributed by atoms with Crippen LogP contribution in [0.1, 0.15) is 40.8 Å². The summed E-state index contributed by atoms with van der Waals surface area (Å²) in [7, 11) is -6.96. The quantitative estimate of drug-likeness (QED) is 0.108. The number of carbonyl (C=O) groups is 1. The number of rotatable bonds is 11. The molecule has 1 aromatic carbocycles. The van der Waals surface area contributed by atoms with Crippen LogP contribution in [0, 0.1) is 0 Å². The van der Waals surface area contributed by atoms with Crippen molar-refractivity contribution in [1.82, 2.24) is 29.4 Å². The van der Waals surface area contributed by atoms with Crippen LogP contribution in [0.2, 0.25) is 5.02 Å². The van der Waals surface area contributed by atoms with Gasteiger partial charge in [0.1, 0.15) is 29.1 Å². The molecule has 0 bridgehead atoms. The van der Waals surface area contributed by atoms with E-state index >= 15 is 0 Å². The first-order valence-electron chi connectivity index (χ1n) is 13.6. The number of benzene rings is 1. The van der Waals surface area contributed by atoms with Crippen LogP contribution >= 0.6 is 19.3 Å². The Morgan fingerprint density at radius 1 is 1.28 bits per heavy atom. The first-order chi connectivity index (χ1) is 21.1. The molecule has 2 aromatic heterocycles. The summed E-state index contributed by atoms with van der Waals surface area (Å²) in [5.41, 5.74) is 2.93. The molecule has 6 N–H and O–H groups in total. The number of hydrogen-bond acceptors (Lipinski definition) is 15. The van der Waals surface area contributed by atoms with Crippen LogP contribution in [0.5, 0.6) is 5.75 Å².